The molecule has 1 amide bonds. The van der Waals surface area contributed by atoms with Crippen LogP contribution in [0, 0.1) is 19.8 Å². The van der Waals surface area contributed by atoms with Gasteiger partial charge in [-0.3, -0.25) is 9.88 Å². The molecule has 0 N–H and O–H groups in total. The van der Waals surface area contributed by atoms with Gasteiger partial charge in [0.25, 0.3) is 0 Å². The van der Waals surface area contributed by atoms with Crippen molar-refractivity contribution in [3.05, 3.63) is 35.2 Å². The van der Waals surface area contributed by atoms with Crippen LogP contribution in [0.4, 0.5) is 4.79 Å². The third-order valence-corrected chi connectivity index (χ3v) is 3.75. The van der Waals surface area contributed by atoms with Crippen molar-refractivity contribution in [1.29, 1.82) is 0 Å². The lowest BCUT2D eigenvalue weighted by molar-refractivity contribution is 0.0327. The van der Waals surface area contributed by atoms with E-state index in [1.165, 1.54) is 0 Å². The van der Waals surface area contributed by atoms with E-state index in [4.69, 9.17) is 4.74 Å². The van der Waals surface area contributed by atoms with Gasteiger partial charge >= 0.3 is 6.09 Å². The quantitative estimate of drug-likeness (QED) is 0.776. The highest BCUT2D eigenvalue weighted by Gasteiger charge is 2.29. The van der Waals surface area contributed by atoms with E-state index in [0.29, 0.717) is 12.5 Å². The van der Waals surface area contributed by atoms with E-state index in [0.717, 1.165) is 28.9 Å². The van der Waals surface area contributed by atoms with E-state index >= 15 is 0 Å². The van der Waals surface area contributed by atoms with Crippen LogP contribution in [0.5, 0.6) is 0 Å². The van der Waals surface area contributed by atoms with Gasteiger partial charge in [-0.25, -0.2) is 4.79 Å². The van der Waals surface area contributed by atoms with E-state index in [1.54, 1.807) is 4.90 Å². The van der Waals surface area contributed by atoms with Gasteiger partial charge in [-0.05, 0) is 58.6 Å². The number of rotatable bonds is 1. The van der Waals surface area contributed by atoms with Crippen LogP contribution in [-0.4, -0.2) is 28.1 Å². The van der Waals surface area contributed by atoms with E-state index in [2.05, 4.69) is 24.1 Å². The standard InChI is InChI=1S/C18H26N2O2/c1-12-7-8-16(15-9-13(2)14(3)19-10-15)20(11-12)17(21)22-18(4,5)6/h8-10,12H,7,11H2,1-6H3. The van der Waals surface area contributed by atoms with Gasteiger partial charge in [0.05, 0.1) is 5.70 Å². The summed E-state index contributed by atoms with van der Waals surface area (Å²) < 4.78 is 5.56. The second kappa shape index (κ2) is 6.11. The van der Waals surface area contributed by atoms with Crippen LogP contribution in [0.2, 0.25) is 0 Å². The molecule has 0 aliphatic carbocycles. The molecule has 0 saturated heterocycles. The van der Waals surface area contributed by atoms with Crippen molar-refractivity contribution in [3.8, 4) is 0 Å². The summed E-state index contributed by atoms with van der Waals surface area (Å²) in [6.45, 7) is 12.5. The van der Waals surface area contributed by atoms with Crippen molar-refractivity contribution in [2.24, 2.45) is 5.92 Å². The Hall–Kier alpha value is -1.84. The Labute approximate surface area is 133 Å². The maximum Gasteiger partial charge on any atom is 0.414 e. The topological polar surface area (TPSA) is 42.4 Å². The number of ether oxygens (including phenoxy) is 1. The molecule has 4 heteroatoms. The van der Waals surface area contributed by atoms with Gasteiger partial charge in [0, 0.05) is 24.0 Å². The minimum absolute atomic E-state index is 0.288. The molecule has 2 rings (SSSR count). The van der Waals surface area contributed by atoms with Crippen LogP contribution in [0.1, 0.15) is 50.9 Å². The molecule has 0 radical (unpaired) electrons. The van der Waals surface area contributed by atoms with E-state index in [9.17, 15) is 4.79 Å². The molecule has 0 bridgehead atoms. The lowest BCUT2D eigenvalue weighted by atomic mass is 9.98. The van der Waals surface area contributed by atoms with Crippen LogP contribution in [0.15, 0.2) is 18.3 Å². The predicted octanol–water partition coefficient (Wildman–Crippen LogP) is 4.32. The second-order valence-corrected chi connectivity index (χ2v) is 7.15. The first-order valence-electron chi connectivity index (χ1n) is 7.81. The largest absolute Gasteiger partial charge is 0.443 e. The maximum absolute atomic E-state index is 12.5. The summed E-state index contributed by atoms with van der Waals surface area (Å²) in [5.41, 5.74) is 3.52. The predicted molar refractivity (Wildman–Crippen MR) is 88.4 cm³/mol. The third kappa shape index (κ3) is 3.87. The monoisotopic (exact) mass is 302 g/mol. The molecule has 22 heavy (non-hydrogen) atoms. The maximum atomic E-state index is 12.5. The minimum Gasteiger partial charge on any atom is -0.443 e. The Morgan fingerprint density at radius 1 is 1.36 bits per heavy atom. The Morgan fingerprint density at radius 3 is 2.64 bits per heavy atom. The molecule has 1 aliphatic heterocycles. The third-order valence-electron chi connectivity index (χ3n) is 3.75. The Balaban J connectivity index is 2.33. The molecule has 2 heterocycles. The molecule has 0 fully saturated rings. The highest BCUT2D eigenvalue weighted by molar-refractivity contribution is 5.82. The van der Waals surface area contributed by atoms with Crippen molar-refractivity contribution in [2.45, 2.75) is 53.6 Å². The molecular formula is C18H26N2O2. The number of hydrogen-bond donors (Lipinski definition) is 0. The van der Waals surface area contributed by atoms with Crippen molar-refractivity contribution < 1.29 is 9.53 Å². The molecule has 1 aromatic heterocycles. The van der Waals surface area contributed by atoms with Crippen LogP contribution < -0.4 is 0 Å². The smallest absolute Gasteiger partial charge is 0.414 e. The average Bonchev–Trinajstić information content (AvgIpc) is 2.40. The summed E-state index contributed by atoms with van der Waals surface area (Å²) in [6, 6.07) is 2.08. The van der Waals surface area contributed by atoms with Crippen LogP contribution in [0.3, 0.4) is 0 Å². The molecule has 4 nitrogen and oxygen atoms in total. The number of allylic oxidation sites excluding steroid dienone is 1. The number of aromatic nitrogens is 1. The van der Waals surface area contributed by atoms with Gasteiger partial charge in [0.15, 0.2) is 0 Å². The molecule has 120 valence electrons. The lowest BCUT2D eigenvalue weighted by Crippen LogP contribution is -2.39. The van der Waals surface area contributed by atoms with Crippen molar-refractivity contribution in [3.63, 3.8) is 0 Å². The van der Waals surface area contributed by atoms with E-state index in [-0.39, 0.29) is 6.09 Å². The number of hydrogen-bond acceptors (Lipinski definition) is 3. The van der Waals surface area contributed by atoms with Crippen molar-refractivity contribution in [1.82, 2.24) is 9.88 Å². The second-order valence-electron chi connectivity index (χ2n) is 7.15. The van der Waals surface area contributed by atoms with Crippen LogP contribution in [0.25, 0.3) is 5.70 Å². The molecule has 1 aliphatic rings. The number of carbonyl (C=O) groups is 1. The Morgan fingerprint density at radius 2 is 2.05 bits per heavy atom. The first-order valence-corrected chi connectivity index (χ1v) is 7.81. The zero-order valence-electron chi connectivity index (χ0n) is 14.4. The average molecular weight is 302 g/mol. The first-order chi connectivity index (χ1) is 10.2. The fourth-order valence-corrected chi connectivity index (χ4v) is 2.45. The Kier molecular flexibility index (Phi) is 4.59. The molecule has 0 saturated carbocycles. The van der Waals surface area contributed by atoms with Gasteiger partial charge in [0.1, 0.15) is 5.60 Å². The van der Waals surface area contributed by atoms with Crippen LogP contribution >= 0.6 is 0 Å². The number of amides is 1. The number of nitrogens with zero attached hydrogens (tertiary/aromatic N) is 2. The van der Waals surface area contributed by atoms with Crippen LogP contribution in [-0.2, 0) is 4.74 Å². The SMILES string of the molecule is Cc1cc(C2=CCC(C)CN2C(=O)OC(C)(C)C)cnc1C. The van der Waals surface area contributed by atoms with Crippen molar-refractivity contribution in [2.75, 3.05) is 6.54 Å². The number of pyridine rings is 1. The molecular weight excluding hydrogens is 276 g/mol. The molecule has 1 aromatic rings. The summed E-state index contributed by atoms with van der Waals surface area (Å²) in [6.07, 6.45) is 4.62. The summed E-state index contributed by atoms with van der Waals surface area (Å²) in [7, 11) is 0. The van der Waals surface area contributed by atoms with E-state index in [1.807, 2.05) is 40.8 Å². The van der Waals surface area contributed by atoms with Gasteiger partial charge in [-0.15, -0.1) is 0 Å². The van der Waals surface area contributed by atoms with Gasteiger partial charge in [-0.1, -0.05) is 13.0 Å². The van der Waals surface area contributed by atoms with Gasteiger partial charge in [0.2, 0.25) is 0 Å². The summed E-state index contributed by atoms with van der Waals surface area (Å²) in [5.74, 6) is 0.427. The highest BCUT2D eigenvalue weighted by atomic mass is 16.6. The molecule has 1 unspecified atom stereocenters. The minimum atomic E-state index is -0.496. The summed E-state index contributed by atoms with van der Waals surface area (Å²) in [5, 5.41) is 0. The molecule has 1 atom stereocenters. The lowest BCUT2D eigenvalue weighted by Gasteiger charge is -2.33. The molecule has 0 spiro atoms. The van der Waals surface area contributed by atoms with Gasteiger partial charge < -0.3 is 4.74 Å². The first kappa shape index (κ1) is 16.5. The highest BCUT2D eigenvalue weighted by Crippen LogP contribution is 2.29. The Bertz CT molecular complexity index is 600. The zero-order valence-corrected chi connectivity index (χ0v) is 14.4. The van der Waals surface area contributed by atoms with E-state index < -0.39 is 5.60 Å². The zero-order chi connectivity index (χ0) is 16.5. The summed E-state index contributed by atoms with van der Waals surface area (Å²) in [4.78, 5) is 18.7. The fraction of sp³-hybridized carbons (Fsp3) is 0.556. The molecule has 0 aromatic carbocycles. The number of aryl methyl sites for hydroxylation is 2. The summed E-state index contributed by atoms with van der Waals surface area (Å²) >= 11 is 0. The van der Waals surface area contributed by atoms with Gasteiger partial charge in [-0.2, -0.15) is 0 Å². The van der Waals surface area contributed by atoms with Crippen molar-refractivity contribution >= 4 is 11.8 Å². The fourth-order valence-electron chi connectivity index (χ4n) is 2.45. The normalized spacial score (nSPS) is 18.9. The number of carbonyl (C=O) groups excluding carboxylic acids is 1.